The first-order valence-electron chi connectivity index (χ1n) is 9.70. The molecule has 2 aromatic rings. The van der Waals surface area contributed by atoms with Crippen molar-refractivity contribution in [1.29, 1.82) is 0 Å². The van der Waals surface area contributed by atoms with Crippen molar-refractivity contribution in [3.63, 3.8) is 0 Å². The topological polar surface area (TPSA) is 63.7 Å². The molecule has 0 bridgehead atoms. The Kier molecular flexibility index (Phi) is 7.37. The van der Waals surface area contributed by atoms with Crippen molar-refractivity contribution in [2.24, 2.45) is 0 Å². The minimum absolute atomic E-state index is 0.0891. The Bertz CT molecular complexity index is 770. The number of unbranched alkanes of at least 4 members (excludes halogenated alkanes) is 1. The molecule has 1 aromatic heterocycles. The summed E-state index contributed by atoms with van der Waals surface area (Å²) >= 11 is 6.11. The number of urea groups is 1. The van der Waals surface area contributed by atoms with E-state index in [1.54, 1.807) is 23.4 Å². The lowest BCUT2D eigenvalue weighted by Crippen LogP contribution is -2.46. The Morgan fingerprint density at radius 1 is 1.32 bits per heavy atom. The number of ether oxygens (including phenoxy) is 2. The van der Waals surface area contributed by atoms with Crippen molar-refractivity contribution in [1.82, 2.24) is 9.88 Å². The maximum atomic E-state index is 12.6. The molecule has 1 fully saturated rings. The summed E-state index contributed by atoms with van der Waals surface area (Å²) in [5, 5.41) is 3.42. The highest BCUT2D eigenvalue weighted by Gasteiger charge is 2.25. The highest BCUT2D eigenvalue weighted by molar-refractivity contribution is 6.31. The number of hydrogen-bond acceptors (Lipinski definition) is 4. The molecule has 7 heteroatoms. The van der Waals surface area contributed by atoms with Gasteiger partial charge >= 0.3 is 6.03 Å². The fraction of sp³-hybridized carbons (Fsp3) is 0.429. The molecule has 3 rings (SSSR count). The van der Waals surface area contributed by atoms with E-state index in [1.165, 1.54) is 0 Å². The maximum absolute atomic E-state index is 12.6. The quantitative estimate of drug-likeness (QED) is 0.661. The van der Waals surface area contributed by atoms with Crippen LogP contribution in [0.3, 0.4) is 0 Å². The number of hydrogen-bond donors (Lipinski definition) is 1. The predicted molar refractivity (Wildman–Crippen MR) is 110 cm³/mol. The predicted octanol–water partition coefficient (Wildman–Crippen LogP) is 4.99. The molecule has 2 amide bonds. The fourth-order valence-corrected chi connectivity index (χ4v) is 3.19. The lowest BCUT2D eigenvalue weighted by atomic mass is 10.1. The van der Waals surface area contributed by atoms with Crippen molar-refractivity contribution in [2.45, 2.75) is 38.7 Å². The summed E-state index contributed by atoms with van der Waals surface area (Å²) in [6, 6.07) is 9.07. The third kappa shape index (κ3) is 5.76. The van der Waals surface area contributed by atoms with E-state index in [0.29, 0.717) is 30.5 Å². The molecule has 2 heterocycles. The Morgan fingerprint density at radius 3 is 2.89 bits per heavy atom. The first kappa shape index (κ1) is 20.3. The normalized spacial score (nSPS) is 16.5. The molecule has 1 aliphatic rings. The zero-order valence-corrected chi connectivity index (χ0v) is 16.8. The summed E-state index contributed by atoms with van der Waals surface area (Å²) in [6.07, 6.45) is 7.00. The van der Waals surface area contributed by atoms with Gasteiger partial charge in [0.1, 0.15) is 22.6 Å². The molecule has 150 valence electrons. The second kappa shape index (κ2) is 10.2. The van der Waals surface area contributed by atoms with Crippen LogP contribution in [0.25, 0.3) is 0 Å². The monoisotopic (exact) mass is 403 g/mol. The summed E-state index contributed by atoms with van der Waals surface area (Å²) in [5.74, 6) is 1.41. The SMILES string of the molecule is CCCCOc1ccc(NC(=O)N2CCCC(Oc3ccncc3Cl)C2)cc1. The van der Waals surface area contributed by atoms with E-state index in [4.69, 9.17) is 21.1 Å². The molecular weight excluding hydrogens is 378 g/mol. The first-order chi connectivity index (χ1) is 13.7. The molecule has 1 aromatic carbocycles. The van der Waals surface area contributed by atoms with Crippen LogP contribution in [0.5, 0.6) is 11.5 Å². The Balaban J connectivity index is 1.51. The van der Waals surface area contributed by atoms with Crippen molar-refractivity contribution in [3.8, 4) is 11.5 Å². The van der Waals surface area contributed by atoms with Crippen LogP contribution in [0.2, 0.25) is 5.02 Å². The molecule has 1 unspecified atom stereocenters. The number of pyridine rings is 1. The summed E-state index contributed by atoms with van der Waals surface area (Å²) in [6.45, 7) is 4.05. The zero-order chi connectivity index (χ0) is 19.8. The average molecular weight is 404 g/mol. The lowest BCUT2D eigenvalue weighted by Gasteiger charge is -2.33. The number of carbonyl (C=O) groups is 1. The third-order valence-electron chi connectivity index (χ3n) is 4.57. The number of likely N-dealkylation sites (tertiary alicyclic amines) is 1. The molecular formula is C21H26ClN3O3. The fourth-order valence-electron chi connectivity index (χ4n) is 3.03. The van der Waals surface area contributed by atoms with E-state index >= 15 is 0 Å². The lowest BCUT2D eigenvalue weighted by molar-refractivity contribution is 0.106. The van der Waals surface area contributed by atoms with E-state index in [0.717, 1.165) is 37.1 Å². The molecule has 6 nitrogen and oxygen atoms in total. The number of piperidine rings is 1. The molecule has 1 N–H and O–H groups in total. The van der Waals surface area contributed by atoms with Crippen LogP contribution in [0.1, 0.15) is 32.6 Å². The van der Waals surface area contributed by atoms with Gasteiger partial charge in [0.15, 0.2) is 0 Å². The smallest absolute Gasteiger partial charge is 0.321 e. The minimum atomic E-state index is -0.131. The second-order valence-electron chi connectivity index (χ2n) is 6.79. The number of anilines is 1. The van der Waals surface area contributed by atoms with Crippen LogP contribution in [-0.2, 0) is 0 Å². The third-order valence-corrected chi connectivity index (χ3v) is 4.85. The second-order valence-corrected chi connectivity index (χ2v) is 7.20. The van der Waals surface area contributed by atoms with Crippen LogP contribution in [0, 0.1) is 0 Å². The summed E-state index contributed by atoms with van der Waals surface area (Å²) in [7, 11) is 0. The van der Waals surface area contributed by atoms with E-state index in [2.05, 4.69) is 17.2 Å². The van der Waals surface area contributed by atoms with Gasteiger partial charge in [-0.15, -0.1) is 0 Å². The van der Waals surface area contributed by atoms with Gasteiger partial charge in [-0.3, -0.25) is 4.98 Å². The van der Waals surface area contributed by atoms with Crippen LogP contribution in [-0.4, -0.2) is 41.7 Å². The van der Waals surface area contributed by atoms with Crippen molar-refractivity contribution in [2.75, 3.05) is 25.0 Å². The van der Waals surface area contributed by atoms with Gasteiger partial charge < -0.3 is 19.7 Å². The van der Waals surface area contributed by atoms with Gasteiger partial charge in [-0.2, -0.15) is 0 Å². The van der Waals surface area contributed by atoms with Crippen LogP contribution < -0.4 is 14.8 Å². The van der Waals surface area contributed by atoms with Crippen LogP contribution in [0.4, 0.5) is 10.5 Å². The van der Waals surface area contributed by atoms with Crippen molar-refractivity contribution in [3.05, 3.63) is 47.7 Å². The van der Waals surface area contributed by atoms with E-state index in [-0.39, 0.29) is 12.1 Å². The maximum Gasteiger partial charge on any atom is 0.321 e. The van der Waals surface area contributed by atoms with Gasteiger partial charge in [0.2, 0.25) is 0 Å². The zero-order valence-electron chi connectivity index (χ0n) is 16.1. The minimum Gasteiger partial charge on any atom is -0.494 e. The number of aromatic nitrogens is 1. The molecule has 1 atom stereocenters. The number of halogens is 1. The number of carbonyl (C=O) groups excluding carboxylic acids is 1. The van der Waals surface area contributed by atoms with Crippen LogP contribution in [0.15, 0.2) is 42.7 Å². The Labute approximate surface area is 170 Å². The van der Waals surface area contributed by atoms with Gasteiger partial charge in [-0.25, -0.2) is 4.79 Å². The summed E-state index contributed by atoms with van der Waals surface area (Å²) < 4.78 is 11.6. The Morgan fingerprint density at radius 2 is 2.14 bits per heavy atom. The molecule has 1 aliphatic heterocycles. The highest BCUT2D eigenvalue weighted by atomic mass is 35.5. The van der Waals surface area contributed by atoms with Gasteiger partial charge in [0, 0.05) is 30.7 Å². The number of benzene rings is 1. The van der Waals surface area contributed by atoms with E-state index in [1.807, 2.05) is 24.3 Å². The Hall–Kier alpha value is -2.47. The molecule has 28 heavy (non-hydrogen) atoms. The van der Waals surface area contributed by atoms with Gasteiger partial charge in [-0.05, 0) is 43.5 Å². The largest absolute Gasteiger partial charge is 0.494 e. The summed E-state index contributed by atoms with van der Waals surface area (Å²) in [5.41, 5.74) is 0.744. The molecule has 1 saturated heterocycles. The molecule has 0 aliphatic carbocycles. The number of amides is 2. The van der Waals surface area contributed by atoms with Gasteiger partial charge in [0.05, 0.1) is 13.2 Å². The van der Waals surface area contributed by atoms with Crippen molar-refractivity contribution < 1.29 is 14.3 Å². The number of nitrogens with one attached hydrogen (secondary N) is 1. The molecule has 0 spiro atoms. The first-order valence-corrected chi connectivity index (χ1v) is 10.1. The highest BCUT2D eigenvalue weighted by Crippen LogP contribution is 2.26. The van der Waals surface area contributed by atoms with Crippen molar-refractivity contribution >= 4 is 23.3 Å². The van der Waals surface area contributed by atoms with Crippen LogP contribution >= 0.6 is 11.6 Å². The molecule has 0 saturated carbocycles. The van der Waals surface area contributed by atoms with Gasteiger partial charge in [-0.1, -0.05) is 24.9 Å². The average Bonchev–Trinajstić information content (AvgIpc) is 2.71. The van der Waals surface area contributed by atoms with Gasteiger partial charge in [0.25, 0.3) is 0 Å². The number of rotatable bonds is 7. The standard InChI is InChI=1S/C21H26ClN3O3/c1-2-3-13-27-17-8-6-16(7-9-17)24-21(26)25-12-4-5-18(15-25)28-20-10-11-23-14-19(20)22/h6-11,14,18H,2-5,12-13,15H2,1H3,(H,24,26). The molecule has 0 radical (unpaired) electrons. The van der Waals surface area contributed by atoms with E-state index < -0.39 is 0 Å². The number of nitrogens with zero attached hydrogens (tertiary/aromatic N) is 2. The van der Waals surface area contributed by atoms with E-state index in [9.17, 15) is 4.79 Å². The summed E-state index contributed by atoms with van der Waals surface area (Å²) in [4.78, 5) is 18.4.